The van der Waals surface area contributed by atoms with Gasteiger partial charge in [0.2, 0.25) is 10.0 Å². The summed E-state index contributed by atoms with van der Waals surface area (Å²) in [5.74, 6) is 0. The first kappa shape index (κ1) is 12.1. The molecule has 0 aliphatic rings. The smallest absolute Gasteiger partial charge is 0.258 e. The number of nitrogens with two attached hydrogens (primary N) is 1. The molecule has 84 valence electrons. The monoisotopic (exact) mass is 241 g/mol. The first-order valence-electron chi connectivity index (χ1n) is 3.99. The van der Waals surface area contributed by atoms with Crippen LogP contribution < -0.4 is 5.14 Å². The highest BCUT2D eigenvalue weighted by Gasteiger charge is 2.24. The lowest BCUT2D eigenvalue weighted by Gasteiger charge is -2.03. The van der Waals surface area contributed by atoms with E-state index in [0.717, 1.165) is 12.1 Å². The summed E-state index contributed by atoms with van der Waals surface area (Å²) < 4.78 is 22.2. The van der Waals surface area contributed by atoms with E-state index in [1.165, 1.54) is 6.92 Å². The van der Waals surface area contributed by atoms with E-state index in [0.29, 0.717) is 5.56 Å². The van der Waals surface area contributed by atoms with Crippen LogP contribution in [-0.4, -0.2) is 13.3 Å². The highest BCUT2D eigenvalue weighted by atomic mass is 32.2. The Kier molecular flexibility index (Phi) is 2.93. The molecule has 0 unspecified atom stereocenters. The number of nitrogens with zero attached hydrogens (tertiary/aromatic N) is 2. The van der Waals surface area contributed by atoms with Crippen molar-refractivity contribution in [3.8, 4) is 6.07 Å². The van der Waals surface area contributed by atoms with Crippen LogP contribution in [0.3, 0.4) is 0 Å². The third-order valence-electron chi connectivity index (χ3n) is 1.93. The minimum absolute atomic E-state index is 0.0367. The zero-order chi connectivity index (χ0) is 12.5. The van der Waals surface area contributed by atoms with Gasteiger partial charge < -0.3 is 0 Å². The molecule has 0 aliphatic carbocycles. The Hall–Kier alpha value is -1.98. The van der Waals surface area contributed by atoms with Gasteiger partial charge in [-0.15, -0.1) is 0 Å². The van der Waals surface area contributed by atoms with Crippen LogP contribution in [0, 0.1) is 28.4 Å². The first-order chi connectivity index (χ1) is 7.27. The van der Waals surface area contributed by atoms with E-state index in [-0.39, 0.29) is 5.56 Å². The third kappa shape index (κ3) is 2.16. The van der Waals surface area contributed by atoms with Crippen LogP contribution in [0.4, 0.5) is 5.69 Å². The largest absolute Gasteiger partial charge is 0.289 e. The quantitative estimate of drug-likeness (QED) is 0.592. The summed E-state index contributed by atoms with van der Waals surface area (Å²) in [6, 6.07) is 3.65. The summed E-state index contributed by atoms with van der Waals surface area (Å²) in [4.78, 5) is 9.12. The summed E-state index contributed by atoms with van der Waals surface area (Å²) in [7, 11) is -4.22. The van der Waals surface area contributed by atoms with Crippen molar-refractivity contribution < 1.29 is 13.3 Å². The Bertz CT molecular complexity index is 600. The molecule has 0 spiro atoms. The van der Waals surface area contributed by atoms with E-state index < -0.39 is 25.5 Å². The minimum Gasteiger partial charge on any atom is -0.258 e. The number of nitro groups is 1. The molecule has 1 aromatic rings. The molecule has 0 saturated carbocycles. The summed E-state index contributed by atoms with van der Waals surface area (Å²) >= 11 is 0. The van der Waals surface area contributed by atoms with Crippen molar-refractivity contribution in [2.75, 3.05) is 0 Å². The molecule has 0 aliphatic heterocycles. The highest BCUT2D eigenvalue weighted by molar-refractivity contribution is 7.89. The normalized spacial score (nSPS) is 10.8. The summed E-state index contributed by atoms with van der Waals surface area (Å²) in [6.45, 7) is 1.47. The number of hydrogen-bond acceptors (Lipinski definition) is 5. The lowest BCUT2D eigenvalue weighted by atomic mass is 10.1. The SMILES string of the molecule is Cc1cc([N+](=O)[O-])c(S(N)(=O)=O)cc1C#N. The standard InChI is InChI=1S/C8H7N3O4S/c1-5-2-7(11(12)13)8(16(10,14)15)3-6(5)4-9/h2-3H,1H3,(H2,10,14,15). The van der Waals surface area contributed by atoms with E-state index >= 15 is 0 Å². The van der Waals surface area contributed by atoms with Crippen molar-refractivity contribution in [1.82, 2.24) is 0 Å². The molecule has 8 heteroatoms. The van der Waals surface area contributed by atoms with E-state index in [9.17, 15) is 18.5 Å². The fraction of sp³-hybridized carbons (Fsp3) is 0.125. The molecule has 7 nitrogen and oxygen atoms in total. The van der Waals surface area contributed by atoms with Crippen molar-refractivity contribution in [3.05, 3.63) is 33.4 Å². The molecule has 0 bridgehead atoms. The number of primary sulfonamides is 1. The van der Waals surface area contributed by atoms with E-state index in [1.807, 2.05) is 0 Å². The number of nitro benzene ring substituents is 1. The van der Waals surface area contributed by atoms with Gasteiger partial charge in [-0.1, -0.05) is 0 Å². The van der Waals surface area contributed by atoms with Crippen molar-refractivity contribution in [2.24, 2.45) is 5.14 Å². The summed E-state index contributed by atoms with van der Waals surface area (Å²) in [5.41, 5.74) is -0.268. The fourth-order valence-electron chi connectivity index (χ4n) is 1.16. The zero-order valence-corrected chi connectivity index (χ0v) is 8.98. The second kappa shape index (κ2) is 3.88. The molecular weight excluding hydrogens is 234 g/mol. The molecule has 0 atom stereocenters. The van der Waals surface area contributed by atoms with Crippen LogP contribution in [0.2, 0.25) is 0 Å². The molecule has 0 heterocycles. The Morgan fingerprint density at radius 1 is 1.50 bits per heavy atom. The van der Waals surface area contributed by atoms with Gasteiger partial charge in [0.25, 0.3) is 5.69 Å². The third-order valence-corrected chi connectivity index (χ3v) is 2.87. The minimum atomic E-state index is -4.22. The Morgan fingerprint density at radius 2 is 2.06 bits per heavy atom. The fourth-order valence-corrected chi connectivity index (χ4v) is 1.87. The van der Waals surface area contributed by atoms with E-state index in [2.05, 4.69) is 0 Å². The van der Waals surface area contributed by atoms with Crippen molar-refractivity contribution in [2.45, 2.75) is 11.8 Å². The maximum absolute atomic E-state index is 11.1. The van der Waals surface area contributed by atoms with Gasteiger partial charge in [0.05, 0.1) is 16.6 Å². The number of rotatable bonds is 2. The highest BCUT2D eigenvalue weighted by Crippen LogP contribution is 2.26. The average molecular weight is 241 g/mol. The Balaban J connectivity index is 3.71. The van der Waals surface area contributed by atoms with Crippen molar-refractivity contribution in [3.63, 3.8) is 0 Å². The van der Waals surface area contributed by atoms with E-state index in [4.69, 9.17) is 10.4 Å². The summed E-state index contributed by atoms with van der Waals surface area (Å²) in [5, 5.41) is 24.1. The Labute approximate surface area is 91.3 Å². The van der Waals surface area contributed by atoms with E-state index in [1.54, 1.807) is 6.07 Å². The van der Waals surface area contributed by atoms with Gasteiger partial charge in [-0.05, 0) is 18.6 Å². The van der Waals surface area contributed by atoms with Crippen LogP contribution in [0.25, 0.3) is 0 Å². The van der Waals surface area contributed by atoms with Gasteiger partial charge in [0, 0.05) is 6.07 Å². The predicted molar refractivity (Wildman–Crippen MR) is 53.9 cm³/mol. The maximum atomic E-state index is 11.1. The molecule has 1 rings (SSSR count). The van der Waals surface area contributed by atoms with Crippen LogP contribution >= 0.6 is 0 Å². The molecule has 1 aromatic carbocycles. The van der Waals surface area contributed by atoms with Crippen molar-refractivity contribution >= 4 is 15.7 Å². The first-order valence-corrected chi connectivity index (χ1v) is 5.54. The van der Waals surface area contributed by atoms with Crippen LogP contribution in [-0.2, 0) is 10.0 Å². The summed E-state index contributed by atoms with van der Waals surface area (Å²) in [6.07, 6.45) is 0. The van der Waals surface area contributed by atoms with Crippen LogP contribution in [0.5, 0.6) is 0 Å². The number of sulfonamides is 1. The number of nitriles is 1. The van der Waals surface area contributed by atoms with Gasteiger partial charge in [0.1, 0.15) is 0 Å². The molecule has 0 aromatic heterocycles. The van der Waals surface area contributed by atoms with Gasteiger partial charge in [-0.3, -0.25) is 10.1 Å². The lowest BCUT2D eigenvalue weighted by molar-refractivity contribution is -0.387. The van der Waals surface area contributed by atoms with Crippen molar-refractivity contribution in [1.29, 1.82) is 5.26 Å². The molecule has 0 amide bonds. The number of hydrogen-bond donors (Lipinski definition) is 1. The maximum Gasteiger partial charge on any atom is 0.289 e. The van der Waals surface area contributed by atoms with Crippen LogP contribution in [0.1, 0.15) is 11.1 Å². The second-order valence-corrected chi connectivity index (χ2v) is 4.58. The molecule has 2 N–H and O–H groups in total. The lowest BCUT2D eigenvalue weighted by Crippen LogP contribution is -2.14. The van der Waals surface area contributed by atoms with Gasteiger partial charge >= 0.3 is 0 Å². The Morgan fingerprint density at radius 3 is 2.44 bits per heavy atom. The average Bonchev–Trinajstić information content (AvgIpc) is 2.15. The molecule has 16 heavy (non-hydrogen) atoms. The molecule has 0 fully saturated rings. The predicted octanol–water partition coefficient (Wildman–Crippen LogP) is 0.422. The molecule has 0 saturated heterocycles. The zero-order valence-electron chi connectivity index (χ0n) is 8.17. The second-order valence-electron chi connectivity index (χ2n) is 3.05. The van der Waals surface area contributed by atoms with Gasteiger partial charge in [-0.2, -0.15) is 5.26 Å². The number of benzene rings is 1. The topological polar surface area (TPSA) is 127 Å². The number of aryl methyl sites for hydroxylation is 1. The van der Waals surface area contributed by atoms with Crippen LogP contribution in [0.15, 0.2) is 17.0 Å². The van der Waals surface area contributed by atoms with Gasteiger partial charge in [0.15, 0.2) is 4.90 Å². The molecule has 0 radical (unpaired) electrons. The van der Waals surface area contributed by atoms with Gasteiger partial charge in [-0.25, -0.2) is 13.6 Å². The molecular formula is C8H7N3O4S.